The van der Waals surface area contributed by atoms with Gasteiger partial charge in [-0.3, -0.25) is 0 Å². The number of nitrogens with zero attached hydrogens (tertiary/aromatic N) is 2. The molecule has 4 heteroatoms. The quantitative estimate of drug-likeness (QED) is 0.858. The van der Waals surface area contributed by atoms with Crippen LogP contribution in [0, 0.1) is 6.92 Å². The second-order valence-corrected chi connectivity index (χ2v) is 4.28. The van der Waals surface area contributed by atoms with E-state index in [0.717, 1.165) is 17.3 Å². The summed E-state index contributed by atoms with van der Waals surface area (Å²) in [5.74, 6) is 1.40. The molecule has 0 amide bonds. The van der Waals surface area contributed by atoms with Crippen LogP contribution in [0.2, 0.25) is 0 Å². The highest BCUT2D eigenvalue weighted by Gasteiger charge is 2.02. The van der Waals surface area contributed by atoms with E-state index in [0.29, 0.717) is 11.7 Å². The summed E-state index contributed by atoms with van der Waals surface area (Å²) >= 11 is 3.44. The molecule has 0 N–H and O–H groups in total. The Labute approximate surface area is 96.6 Å². The van der Waals surface area contributed by atoms with Gasteiger partial charge in [0, 0.05) is 10.9 Å². The van der Waals surface area contributed by atoms with Crippen molar-refractivity contribution in [1.82, 2.24) is 10.1 Å². The van der Waals surface area contributed by atoms with Gasteiger partial charge in [0.2, 0.25) is 5.89 Å². The summed E-state index contributed by atoms with van der Waals surface area (Å²) in [4.78, 5) is 4.16. The van der Waals surface area contributed by atoms with Crippen molar-refractivity contribution in [2.75, 3.05) is 0 Å². The Balaban J connectivity index is 1.99. The van der Waals surface area contributed by atoms with Crippen molar-refractivity contribution in [1.29, 1.82) is 0 Å². The number of aromatic nitrogens is 2. The minimum atomic E-state index is 0.694. The highest BCUT2D eigenvalue weighted by molar-refractivity contribution is 9.10. The van der Waals surface area contributed by atoms with Gasteiger partial charge in [0.15, 0.2) is 5.82 Å². The van der Waals surface area contributed by atoms with E-state index in [-0.39, 0.29) is 0 Å². The first kappa shape index (κ1) is 10.4. The second-order valence-electron chi connectivity index (χ2n) is 3.37. The Hall–Kier alpha value is -1.16. The Morgan fingerprint density at radius 3 is 2.87 bits per heavy atom. The Morgan fingerprint density at radius 2 is 2.20 bits per heavy atom. The van der Waals surface area contributed by atoms with Gasteiger partial charge >= 0.3 is 0 Å². The first-order chi connectivity index (χ1) is 7.24. The molecule has 1 aromatic carbocycles. The molecule has 2 aromatic rings. The summed E-state index contributed by atoms with van der Waals surface area (Å²) < 4.78 is 6.14. The molecule has 0 aliphatic rings. The summed E-state index contributed by atoms with van der Waals surface area (Å²) in [7, 11) is 0. The number of hydrogen-bond acceptors (Lipinski definition) is 3. The highest BCUT2D eigenvalue weighted by atomic mass is 79.9. The zero-order valence-corrected chi connectivity index (χ0v) is 9.99. The highest BCUT2D eigenvalue weighted by Crippen LogP contribution is 2.13. The number of halogens is 1. The van der Waals surface area contributed by atoms with Gasteiger partial charge < -0.3 is 4.52 Å². The molecule has 2 rings (SSSR count). The van der Waals surface area contributed by atoms with Crippen LogP contribution < -0.4 is 0 Å². The standard InChI is InChI=1S/C11H11BrN2O/c1-8-13-11(15-14-8)6-5-9-3-2-4-10(12)7-9/h2-4,7H,5-6H2,1H3. The molecule has 0 radical (unpaired) electrons. The molecule has 0 aliphatic carbocycles. The molecule has 1 heterocycles. The van der Waals surface area contributed by atoms with Crippen LogP contribution in [-0.4, -0.2) is 10.1 Å². The molecule has 0 spiro atoms. The van der Waals surface area contributed by atoms with Crippen molar-refractivity contribution in [3.8, 4) is 0 Å². The maximum Gasteiger partial charge on any atom is 0.226 e. The van der Waals surface area contributed by atoms with Gasteiger partial charge in [0.05, 0.1) is 0 Å². The SMILES string of the molecule is Cc1noc(CCc2cccc(Br)c2)n1. The summed E-state index contributed by atoms with van der Waals surface area (Å²) in [6.07, 6.45) is 1.71. The fraction of sp³-hybridized carbons (Fsp3) is 0.273. The molecule has 3 nitrogen and oxygen atoms in total. The van der Waals surface area contributed by atoms with Gasteiger partial charge in [-0.15, -0.1) is 0 Å². The van der Waals surface area contributed by atoms with Crippen molar-refractivity contribution in [3.05, 3.63) is 46.0 Å². The van der Waals surface area contributed by atoms with Gasteiger partial charge in [-0.05, 0) is 31.0 Å². The van der Waals surface area contributed by atoms with E-state index in [1.165, 1.54) is 5.56 Å². The lowest BCUT2D eigenvalue weighted by Crippen LogP contribution is -1.91. The molecule has 1 aromatic heterocycles. The molecule has 0 unspecified atom stereocenters. The van der Waals surface area contributed by atoms with Crippen LogP contribution in [0.25, 0.3) is 0 Å². The molecule has 0 bridgehead atoms. The van der Waals surface area contributed by atoms with Crippen LogP contribution in [0.4, 0.5) is 0 Å². The average Bonchev–Trinajstić information content (AvgIpc) is 2.62. The van der Waals surface area contributed by atoms with Crippen LogP contribution in [0.15, 0.2) is 33.3 Å². The Morgan fingerprint density at radius 1 is 1.33 bits per heavy atom. The Kier molecular flexibility index (Phi) is 3.16. The van der Waals surface area contributed by atoms with Crippen LogP contribution in [0.1, 0.15) is 17.3 Å². The van der Waals surface area contributed by atoms with Gasteiger partial charge in [0.1, 0.15) is 0 Å². The van der Waals surface area contributed by atoms with Crippen molar-refractivity contribution in [2.24, 2.45) is 0 Å². The molecule has 0 atom stereocenters. The Bertz CT molecular complexity index is 453. The summed E-state index contributed by atoms with van der Waals surface area (Å²) in [5, 5.41) is 3.75. The maximum absolute atomic E-state index is 5.04. The number of rotatable bonds is 3. The fourth-order valence-electron chi connectivity index (χ4n) is 1.39. The van der Waals surface area contributed by atoms with E-state index in [4.69, 9.17) is 4.52 Å². The normalized spacial score (nSPS) is 10.5. The van der Waals surface area contributed by atoms with Gasteiger partial charge in [-0.25, -0.2) is 0 Å². The van der Waals surface area contributed by atoms with Gasteiger partial charge in [0.25, 0.3) is 0 Å². The zero-order chi connectivity index (χ0) is 10.7. The van der Waals surface area contributed by atoms with Crippen LogP contribution >= 0.6 is 15.9 Å². The third-order valence-corrected chi connectivity index (χ3v) is 2.58. The molecule has 78 valence electrons. The van der Waals surface area contributed by atoms with Crippen LogP contribution in [0.3, 0.4) is 0 Å². The lowest BCUT2D eigenvalue weighted by molar-refractivity contribution is 0.374. The lowest BCUT2D eigenvalue weighted by Gasteiger charge is -1.98. The first-order valence-electron chi connectivity index (χ1n) is 4.77. The number of aryl methyl sites for hydroxylation is 3. The van der Waals surface area contributed by atoms with E-state index >= 15 is 0 Å². The number of benzene rings is 1. The molecule has 0 saturated carbocycles. The van der Waals surface area contributed by atoms with E-state index in [1.807, 2.05) is 19.1 Å². The van der Waals surface area contributed by atoms with Crippen molar-refractivity contribution >= 4 is 15.9 Å². The predicted octanol–water partition coefficient (Wildman–Crippen LogP) is 2.93. The molecular formula is C11H11BrN2O. The van der Waals surface area contributed by atoms with Crippen LogP contribution in [0.5, 0.6) is 0 Å². The predicted molar refractivity (Wildman–Crippen MR) is 60.6 cm³/mol. The van der Waals surface area contributed by atoms with E-state index < -0.39 is 0 Å². The zero-order valence-electron chi connectivity index (χ0n) is 8.40. The van der Waals surface area contributed by atoms with E-state index in [9.17, 15) is 0 Å². The first-order valence-corrected chi connectivity index (χ1v) is 5.57. The average molecular weight is 267 g/mol. The minimum absolute atomic E-state index is 0.694. The minimum Gasteiger partial charge on any atom is -0.339 e. The summed E-state index contributed by atoms with van der Waals surface area (Å²) in [5.41, 5.74) is 1.26. The summed E-state index contributed by atoms with van der Waals surface area (Å²) in [6.45, 7) is 1.83. The maximum atomic E-state index is 5.04. The van der Waals surface area contributed by atoms with Gasteiger partial charge in [-0.1, -0.05) is 33.2 Å². The van der Waals surface area contributed by atoms with E-state index in [2.05, 4.69) is 38.2 Å². The molecule has 0 saturated heterocycles. The van der Waals surface area contributed by atoms with E-state index in [1.54, 1.807) is 0 Å². The lowest BCUT2D eigenvalue weighted by atomic mass is 10.1. The number of hydrogen-bond donors (Lipinski definition) is 0. The third-order valence-electron chi connectivity index (χ3n) is 2.09. The molecule has 15 heavy (non-hydrogen) atoms. The molecular weight excluding hydrogens is 256 g/mol. The summed E-state index contributed by atoms with van der Waals surface area (Å²) in [6, 6.07) is 8.23. The van der Waals surface area contributed by atoms with Gasteiger partial charge in [-0.2, -0.15) is 4.98 Å². The van der Waals surface area contributed by atoms with Crippen LogP contribution in [-0.2, 0) is 12.8 Å². The monoisotopic (exact) mass is 266 g/mol. The second kappa shape index (κ2) is 4.57. The fourth-order valence-corrected chi connectivity index (χ4v) is 1.83. The third kappa shape index (κ3) is 2.89. The largest absolute Gasteiger partial charge is 0.339 e. The van der Waals surface area contributed by atoms with Crippen molar-refractivity contribution in [2.45, 2.75) is 19.8 Å². The van der Waals surface area contributed by atoms with Crippen molar-refractivity contribution < 1.29 is 4.52 Å². The topological polar surface area (TPSA) is 38.9 Å². The molecule has 0 aliphatic heterocycles. The molecule has 0 fully saturated rings. The smallest absolute Gasteiger partial charge is 0.226 e. The van der Waals surface area contributed by atoms with Crippen molar-refractivity contribution in [3.63, 3.8) is 0 Å².